The van der Waals surface area contributed by atoms with Crippen molar-refractivity contribution in [3.05, 3.63) is 23.7 Å². The van der Waals surface area contributed by atoms with Crippen molar-refractivity contribution in [2.24, 2.45) is 7.05 Å². The van der Waals surface area contributed by atoms with Gasteiger partial charge in [0.15, 0.2) is 0 Å². The first-order chi connectivity index (χ1) is 8.49. The number of aromatic nitrogens is 4. The van der Waals surface area contributed by atoms with Gasteiger partial charge in [-0.25, -0.2) is 4.98 Å². The van der Waals surface area contributed by atoms with Crippen LogP contribution in [0, 0.1) is 13.8 Å². The Morgan fingerprint density at radius 2 is 2.00 bits per heavy atom. The lowest BCUT2D eigenvalue weighted by atomic mass is 10.3. The van der Waals surface area contributed by atoms with Crippen molar-refractivity contribution in [2.45, 2.75) is 13.8 Å². The van der Waals surface area contributed by atoms with Gasteiger partial charge in [0.2, 0.25) is 5.95 Å². The molecule has 0 saturated carbocycles. The number of anilines is 3. The molecule has 1 N–H and O–H groups in total. The second-order valence-corrected chi connectivity index (χ2v) is 4.43. The lowest BCUT2D eigenvalue weighted by Gasteiger charge is -2.11. The van der Waals surface area contributed by atoms with Gasteiger partial charge in [0.25, 0.3) is 0 Å². The third-order valence-electron chi connectivity index (χ3n) is 2.80. The summed E-state index contributed by atoms with van der Waals surface area (Å²) in [5, 5.41) is 7.66. The molecule has 2 aromatic rings. The smallest absolute Gasteiger partial charge is 0.226 e. The molecule has 0 radical (unpaired) electrons. The van der Waals surface area contributed by atoms with Crippen LogP contribution in [0.4, 0.5) is 17.5 Å². The molecule has 0 bridgehead atoms. The van der Waals surface area contributed by atoms with Gasteiger partial charge in [0.05, 0.1) is 17.1 Å². The average Bonchev–Trinajstić information content (AvgIpc) is 2.56. The molecule has 2 rings (SSSR count). The van der Waals surface area contributed by atoms with Crippen molar-refractivity contribution in [1.82, 2.24) is 19.7 Å². The molecule has 0 atom stereocenters. The standard InChI is InChI=1S/C12H18N6/c1-8-11(9(2)18(5)16-8)14-10-6-7-13-12(15-10)17(3)4/h6-7H,1-5H3,(H,13,14,15). The Kier molecular flexibility index (Phi) is 3.18. The zero-order valence-corrected chi connectivity index (χ0v) is 11.4. The Morgan fingerprint density at radius 1 is 1.28 bits per heavy atom. The lowest BCUT2D eigenvalue weighted by molar-refractivity contribution is 0.731. The van der Waals surface area contributed by atoms with Gasteiger partial charge in [-0.15, -0.1) is 0 Å². The van der Waals surface area contributed by atoms with Crippen molar-refractivity contribution < 1.29 is 0 Å². The van der Waals surface area contributed by atoms with Crippen molar-refractivity contribution in [2.75, 3.05) is 24.3 Å². The van der Waals surface area contributed by atoms with Crippen molar-refractivity contribution in [1.29, 1.82) is 0 Å². The minimum atomic E-state index is 0.680. The summed E-state index contributed by atoms with van der Waals surface area (Å²) in [7, 11) is 5.76. The molecule has 0 aromatic carbocycles. The summed E-state index contributed by atoms with van der Waals surface area (Å²) in [6.45, 7) is 4.00. The molecule has 6 heteroatoms. The van der Waals surface area contributed by atoms with E-state index in [1.165, 1.54) is 0 Å². The minimum absolute atomic E-state index is 0.680. The second kappa shape index (κ2) is 4.64. The molecule has 96 valence electrons. The molecular weight excluding hydrogens is 228 g/mol. The highest BCUT2D eigenvalue weighted by atomic mass is 15.3. The normalized spacial score (nSPS) is 10.5. The van der Waals surface area contributed by atoms with Crippen LogP contribution in [0.3, 0.4) is 0 Å². The summed E-state index contributed by atoms with van der Waals surface area (Å²) in [4.78, 5) is 10.5. The lowest BCUT2D eigenvalue weighted by Crippen LogP contribution is -2.13. The van der Waals surface area contributed by atoms with Crippen molar-refractivity contribution in [3.63, 3.8) is 0 Å². The zero-order chi connectivity index (χ0) is 13.3. The van der Waals surface area contributed by atoms with Gasteiger partial charge >= 0.3 is 0 Å². The summed E-state index contributed by atoms with van der Waals surface area (Å²) in [6, 6.07) is 1.85. The van der Waals surface area contributed by atoms with Crippen LogP contribution in [0.1, 0.15) is 11.4 Å². The summed E-state index contributed by atoms with van der Waals surface area (Å²) in [6.07, 6.45) is 1.74. The quantitative estimate of drug-likeness (QED) is 0.892. The number of hydrogen-bond acceptors (Lipinski definition) is 5. The fourth-order valence-corrected chi connectivity index (χ4v) is 1.72. The molecule has 2 aromatic heterocycles. The molecule has 0 saturated heterocycles. The summed E-state index contributed by atoms with van der Waals surface area (Å²) in [5.74, 6) is 1.45. The largest absolute Gasteiger partial charge is 0.347 e. The van der Waals surface area contributed by atoms with E-state index in [9.17, 15) is 0 Å². The van der Waals surface area contributed by atoms with Crippen LogP contribution < -0.4 is 10.2 Å². The van der Waals surface area contributed by atoms with E-state index in [1.807, 2.05) is 50.6 Å². The Balaban J connectivity index is 2.31. The zero-order valence-electron chi connectivity index (χ0n) is 11.4. The average molecular weight is 246 g/mol. The van der Waals surface area contributed by atoms with Crippen molar-refractivity contribution in [3.8, 4) is 0 Å². The third kappa shape index (κ3) is 2.27. The third-order valence-corrected chi connectivity index (χ3v) is 2.80. The predicted octanol–water partition coefficient (Wildman–Crippen LogP) is 1.64. The number of hydrogen-bond donors (Lipinski definition) is 1. The maximum atomic E-state index is 4.43. The van der Waals surface area contributed by atoms with E-state index in [0.29, 0.717) is 5.95 Å². The van der Waals surface area contributed by atoms with Crippen LogP contribution in [0.25, 0.3) is 0 Å². The van der Waals surface area contributed by atoms with E-state index in [4.69, 9.17) is 0 Å². The minimum Gasteiger partial charge on any atom is -0.347 e. The maximum absolute atomic E-state index is 4.43. The van der Waals surface area contributed by atoms with Crippen LogP contribution in [0.15, 0.2) is 12.3 Å². The van der Waals surface area contributed by atoms with Gasteiger partial charge in [-0.3, -0.25) is 4.68 Å². The molecule has 0 aliphatic rings. The topological polar surface area (TPSA) is 58.9 Å². The van der Waals surface area contributed by atoms with E-state index in [0.717, 1.165) is 22.9 Å². The summed E-state index contributed by atoms with van der Waals surface area (Å²) < 4.78 is 1.85. The van der Waals surface area contributed by atoms with Gasteiger partial charge in [-0.1, -0.05) is 0 Å². The first-order valence-corrected chi connectivity index (χ1v) is 5.76. The van der Waals surface area contributed by atoms with E-state index in [1.54, 1.807) is 6.20 Å². The summed E-state index contributed by atoms with van der Waals surface area (Å²) in [5.41, 5.74) is 3.04. The van der Waals surface area contributed by atoms with Gasteiger partial charge in [-0.2, -0.15) is 10.1 Å². The SMILES string of the molecule is Cc1nn(C)c(C)c1Nc1ccnc(N(C)C)n1. The highest BCUT2D eigenvalue weighted by molar-refractivity contribution is 5.62. The van der Waals surface area contributed by atoms with Crippen LogP contribution in [-0.2, 0) is 7.05 Å². The number of rotatable bonds is 3. The fourth-order valence-electron chi connectivity index (χ4n) is 1.72. The van der Waals surface area contributed by atoms with E-state index in [-0.39, 0.29) is 0 Å². The first-order valence-electron chi connectivity index (χ1n) is 5.76. The molecule has 18 heavy (non-hydrogen) atoms. The van der Waals surface area contributed by atoms with Gasteiger partial charge in [-0.05, 0) is 19.9 Å². The highest BCUT2D eigenvalue weighted by Gasteiger charge is 2.10. The fraction of sp³-hybridized carbons (Fsp3) is 0.417. The van der Waals surface area contributed by atoms with Crippen LogP contribution >= 0.6 is 0 Å². The first kappa shape index (κ1) is 12.3. The Morgan fingerprint density at radius 3 is 2.56 bits per heavy atom. The molecule has 2 heterocycles. The Labute approximate surface area is 107 Å². The van der Waals surface area contributed by atoms with E-state index < -0.39 is 0 Å². The molecule has 0 aliphatic heterocycles. The van der Waals surface area contributed by atoms with Gasteiger partial charge in [0, 0.05) is 27.3 Å². The Hall–Kier alpha value is -2.11. The maximum Gasteiger partial charge on any atom is 0.226 e. The van der Waals surface area contributed by atoms with Crippen LogP contribution in [-0.4, -0.2) is 33.8 Å². The monoisotopic (exact) mass is 246 g/mol. The molecule has 0 unspecified atom stereocenters. The van der Waals surface area contributed by atoms with Crippen molar-refractivity contribution >= 4 is 17.5 Å². The molecule has 0 fully saturated rings. The molecule has 0 aliphatic carbocycles. The van der Waals surface area contributed by atoms with E-state index >= 15 is 0 Å². The van der Waals surface area contributed by atoms with Gasteiger partial charge < -0.3 is 10.2 Å². The second-order valence-electron chi connectivity index (χ2n) is 4.43. The highest BCUT2D eigenvalue weighted by Crippen LogP contribution is 2.22. The number of nitrogens with one attached hydrogen (secondary N) is 1. The van der Waals surface area contributed by atoms with Crippen LogP contribution in [0.5, 0.6) is 0 Å². The van der Waals surface area contributed by atoms with Crippen LogP contribution in [0.2, 0.25) is 0 Å². The molecule has 6 nitrogen and oxygen atoms in total. The molecule has 0 amide bonds. The number of nitrogens with zero attached hydrogens (tertiary/aromatic N) is 5. The number of aryl methyl sites for hydroxylation is 2. The summed E-state index contributed by atoms with van der Waals surface area (Å²) >= 11 is 0. The molecular formula is C12H18N6. The van der Waals surface area contributed by atoms with E-state index in [2.05, 4.69) is 20.4 Å². The van der Waals surface area contributed by atoms with Gasteiger partial charge in [0.1, 0.15) is 5.82 Å². The Bertz CT molecular complexity index is 558. The molecule has 0 spiro atoms. The predicted molar refractivity (Wildman–Crippen MR) is 72.3 cm³/mol.